The lowest BCUT2D eigenvalue weighted by Gasteiger charge is -2.22. The van der Waals surface area contributed by atoms with Crippen molar-refractivity contribution >= 4 is 10.9 Å². The van der Waals surface area contributed by atoms with Crippen LogP contribution in [0.15, 0.2) is 39.6 Å². The number of hydrogen-bond donors (Lipinski definition) is 0. The highest BCUT2D eigenvalue weighted by atomic mass is 16.5. The number of nitrogens with zero attached hydrogens (tertiary/aromatic N) is 5. The van der Waals surface area contributed by atoms with E-state index >= 15 is 0 Å². The van der Waals surface area contributed by atoms with Crippen molar-refractivity contribution < 1.29 is 4.52 Å². The quantitative estimate of drug-likeness (QED) is 0.735. The third kappa shape index (κ3) is 2.53. The van der Waals surface area contributed by atoms with Gasteiger partial charge in [0.25, 0.3) is 5.56 Å². The van der Waals surface area contributed by atoms with E-state index in [1.165, 1.54) is 4.68 Å². The van der Waals surface area contributed by atoms with Crippen molar-refractivity contribution in [2.75, 3.05) is 6.54 Å². The fourth-order valence-corrected chi connectivity index (χ4v) is 3.15. The molecule has 4 rings (SSSR count). The molecule has 7 heteroatoms. The Balaban J connectivity index is 1.65. The Morgan fingerprint density at radius 2 is 2.22 bits per heavy atom. The molecule has 0 aliphatic carbocycles. The number of benzene rings is 1. The maximum atomic E-state index is 12.6. The van der Waals surface area contributed by atoms with Crippen molar-refractivity contribution in [3.8, 4) is 0 Å². The van der Waals surface area contributed by atoms with Crippen molar-refractivity contribution in [3.05, 3.63) is 52.1 Å². The van der Waals surface area contributed by atoms with Crippen molar-refractivity contribution in [2.45, 2.75) is 32.5 Å². The number of aromatic nitrogens is 4. The Labute approximate surface area is 132 Å². The third-order valence-electron chi connectivity index (χ3n) is 4.28. The molecule has 23 heavy (non-hydrogen) atoms. The fraction of sp³-hybridized carbons (Fsp3) is 0.375. The summed E-state index contributed by atoms with van der Waals surface area (Å²) in [6.07, 6.45) is 2.05. The molecule has 1 unspecified atom stereocenters. The molecule has 0 amide bonds. The fourth-order valence-electron chi connectivity index (χ4n) is 3.15. The average molecular weight is 311 g/mol. The Bertz CT molecular complexity index is 901. The number of aryl methyl sites for hydroxylation is 1. The first-order valence-corrected chi connectivity index (χ1v) is 7.72. The lowest BCUT2D eigenvalue weighted by molar-refractivity contribution is 0.159. The van der Waals surface area contributed by atoms with Crippen LogP contribution in [0.4, 0.5) is 0 Å². The first-order chi connectivity index (χ1) is 11.2. The van der Waals surface area contributed by atoms with Gasteiger partial charge in [0.05, 0.1) is 23.8 Å². The van der Waals surface area contributed by atoms with Gasteiger partial charge in [-0.3, -0.25) is 9.69 Å². The van der Waals surface area contributed by atoms with Crippen molar-refractivity contribution in [3.63, 3.8) is 0 Å². The van der Waals surface area contributed by atoms with Gasteiger partial charge in [0.2, 0.25) is 0 Å². The molecule has 1 fully saturated rings. The highest BCUT2D eigenvalue weighted by Crippen LogP contribution is 2.32. The minimum absolute atomic E-state index is 0.116. The normalized spacial score (nSPS) is 18.7. The molecule has 0 spiro atoms. The van der Waals surface area contributed by atoms with Gasteiger partial charge in [0.15, 0.2) is 5.76 Å². The maximum Gasteiger partial charge on any atom is 0.278 e. The summed E-state index contributed by atoms with van der Waals surface area (Å²) in [6, 6.07) is 9.36. The van der Waals surface area contributed by atoms with Gasteiger partial charge in [-0.05, 0) is 31.9 Å². The van der Waals surface area contributed by atoms with Crippen LogP contribution >= 0.6 is 0 Å². The van der Waals surface area contributed by atoms with E-state index in [0.717, 1.165) is 30.8 Å². The predicted molar refractivity (Wildman–Crippen MR) is 83.7 cm³/mol. The minimum Gasteiger partial charge on any atom is -0.359 e. The van der Waals surface area contributed by atoms with Crippen molar-refractivity contribution in [1.29, 1.82) is 0 Å². The van der Waals surface area contributed by atoms with Gasteiger partial charge in [0.1, 0.15) is 5.52 Å². The second-order valence-electron chi connectivity index (χ2n) is 5.89. The maximum absolute atomic E-state index is 12.6. The molecule has 3 aromatic rings. The van der Waals surface area contributed by atoms with E-state index in [1.54, 1.807) is 12.1 Å². The number of fused-ring (bicyclic) bond motifs is 1. The molecule has 1 atom stereocenters. The predicted octanol–water partition coefficient (Wildman–Crippen LogP) is 1.88. The molecule has 1 saturated heterocycles. The Morgan fingerprint density at radius 3 is 3.04 bits per heavy atom. The molecule has 3 heterocycles. The Kier molecular flexibility index (Phi) is 3.42. The lowest BCUT2D eigenvalue weighted by Crippen LogP contribution is -2.34. The number of rotatable bonds is 3. The van der Waals surface area contributed by atoms with Gasteiger partial charge < -0.3 is 4.52 Å². The molecule has 2 aromatic heterocycles. The van der Waals surface area contributed by atoms with E-state index in [4.69, 9.17) is 4.52 Å². The molecule has 0 N–H and O–H groups in total. The summed E-state index contributed by atoms with van der Waals surface area (Å²) in [4.78, 5) is 14.7. The summed E-state index contributed by atoms with van der Waals surface area (Å²) in [5.74, 6) is 0.849. The van der Waals surface area contributed by atoms with Crippen LogP contribution in [-0.2, 0) is 6.67 Å². The highest BCUT2D eigenvalue weighted by molar-refractivity contribution is 5.76. The third-order valence-corrected chi connectivity index (χ3v) is 4.28. The van der Waals surface area contributed by atoms with E-state index in [1.807, 2.05) is 25.1 Å². The SMILES string of the molecule is Cc1cc(C2CCCN2Cn2nnc3ccccc3c2=O)on1. The molecule has 0 bridgehead atoms. The Hall–Kier alpha value is -2.54. The van der Waals surface area contributed by atoms with Gasteiger partial charge >= 0.3 is 0 Å². The van der Waals surface area contributed by atoms with E-state index < -0.39 is 0 Å². The summed E-state index contributed by atoms with van der Waals surface area (Å²) in [5.41, 5.74) is 1.38. The van der Waals surface area contributed by atoms with E-state index in [0.29, 0.717) is 17.6 Å². The summed E-state index contributed by atoms with van der Waals surface area (Å²) >= 11 is 0. The van der Waals surface area contributed by atoms with Crippen molar-refractivity contribution in [1.82, 2.24) is 25.1 Å². The first kappa shape index (κ1) is 14.1. The smallest absolute Gasteiger partial charge is 0.278 e. The van der Waals surface area contributed by atoms with Crippen LogP contribution in [0.5, 0.6) is 0 Å². The Morgan fingerprint density at radius 1 is 1.35 bits per heavy atom. The van der Waals surface area contributed by atoms with Crippen LogP contribution in [0.2, 0.25) is 0 Å². The van der Waals surface area contributed by atoms with E-state index in [9.17, 15) is 4.79 Å². The summed E-state index contributed by atoms with van der Waals surface area (Å²) in [5, 5.41) is 12.8. The van der Waals surface area contributed by atoms with Gasteiger partial charge in [-0.15, -0.1) is 5.10 Å². The van der Waals surface area contributed by atoms with Crippen LogP contribution in [0.1, 0.15) is 30.3 Å². The molecule has 1 aromatic carbocycles. The standard InChI is InChI=1S/C16H17N5O2/c1-11-9-15(23-18-11)14-7-4-8-20(14)10-21-16(22)12-5-2-3-6-13(12)17-19-21/h2-3,5-6,9,14H,4,7-8,10H2,1H3. The largest absolute Gasteiger partial charge is 0.359 e. The molecule has 0 saturated carbocycles. The topological polar surface area (TPSA) is 77.0 Å². The number of likely N-dealkylation sites (tertiary alicyclic amines) is 1. The summed E-state index contributed by atoms with van der Waals surface area (Å²) in [6.45, 7) is 3.21. The van der Waals surface area contributed by atoms with Crippen molar-refractivity contribution in [2.24, 2.45) is 0 Å². The molecule has 118 valence electrons. The zero-order valence-electron chi connectivity index (χ0n) is 12.8. The second-order valence-corrected chi connectivity index (χ2v) is 5.89. The van der Waals surface area contributed by atoms with Crippen LogP contribution in [-0.4, -0.2) is 31.6 Å². The molecular formula is C16H17N5O2. The van der Waals surface area contributed by atoms with Gasteiger partial charge in [0, 0.05) is 12.6 Å². The molecule has 1 aliphatic rings. The minimum atomic E-state index is -0.116. The average Bonchev–Trinajstić information content (AvgIpc) is 3.19. The molecular weight excluding hydrogens is 294 g/mol. The molecule has 0 radical (unpaired) electrons. The highest BCUT2D eigenvalue weighted by Gasteiger charge is 2.29. The zero-order chi connectivity index (χ0) is 15.8. The van der Waals surface area contributed by atoms with E-state index in [2.05, 4.69) is 20.4 Å². The van der Waals surface area contributed by atoms with Crippen LogP contribution < -0.4 is 5.56 Å². The van der Waals surface area contributed by atoms with E-state index in [-0.39, 0.29) is 11.6 Å². The van der Waals surface area contributed by atoms with Crippen LogP contribution in [0.25, 0.3) is 10.9 Å². The lowest BCUT2D eigenvalue weighted by atomic mass is 10.1. The monoisotopic (exact) mass is 311 g/mol. The zero-order valence-corrected chi connectivity index (χ0v) is 12.8. The first-order valence-electron chi connectivity index (χ1n) is 7.72. The number of hydrogen-bond acceptors (Lipinski definition) is 6. The molecule has 1 aliphatic heterocycles. The van der Waals surface area contributed by atoms with Crippen LogP contribution in [0, 0.1) is 6.92 Å². The second kappa shape index (κ2) is 5.58. The van der Waals surface area contributed by atoms with Gasteiger partial charge in [-0.25, -0.2) is 0 Å². The van der Waals surface area contributed by atoms with Crippen LogP contribution in [0.3, 0.4) is 0 Å². The van der Waals surface area contributed by atoms with Gasteiger partial charge in [-0.1, -0.05) is 22.5 Å². The van der Waals surface area contributed by atoms with Gasteiger partial charge in [-0.2, -0.15) is 4.68 Å². The summed E-state index contributed by atoms with van der Waals surface area (Å²) in [7, 11) is 0. The summed E-state index contributed by atoms with van der Waals surface area (Å²) < 4.78 is 6.82. The molecule has 7 nitrogen and oxygen atoms in total.